The van der Waals surface area contributed by atoms with Crippen molar-refractivity contribution >= 4 is 0 Å². The van der Waals surface area contributed by atoms with Crippen LogP contribution in [0.4, 0.5) is 4.39 Å². The number of aryl methyl sites for hydroxylation is 1. The molecule has 1 aliphatic carbocycles. The van der Waals surface area contributed by atoms with Gasteiger partial charge in [-0.15, -0.1) is 0 Å². The summed E-state index contributed by atoms with van der Waals surface area (Å²) in [5.41, 5.74) is 2.42. The third-order valence-corrected chi connectivity index (χ3v) is 3.22. The third kappa shape index (κ3) is 2.43. The minimum atomic E-state index is -0.182. The first-order valence-corrected chi connectivity index (χ1v) is 6.23. The van der Waals surface area contributed by atoms with Crippen molar-refractivity contribution in [1.29, 1.82) is 0 Å². The van der Waals surface area contributed by atoms with Gasteiger partial charge in [-0.2, -0.15) is 5.10 Å². The van der Waals surface area contributed by atoms with E-state index in [2.05, 4.69) is 10.4 Å². The second-order valence-electron chi connectivity index (χ2n) is 4.87. The van der Waals surface area contributed by atoms with Gasteiger partial charge in [-0.3, -0.25) is 4.68 Å². The Morgan fingerprint density at radius 1 is 1.44 bits per heavy atom. The van der Waals surface area contributed by atoms with Crippen LogP contribution in [0.3, 0.4) is 0 Å². The number of nitrogens with one attached hydrogen (secondary N) is 1. The molecule has 18 heavy (non-hydrogen) atoms. The number of benzene rings is 1. The highest BCUT2D eigenvalue weighted by molar-refractivity contribution is 5.62. The fraction of sp³-hybridized carbons (Fsp3) is 0.357. The summed E-state index contributed by atoms with van der Waals surface area (Å²) in [6.45, 7) is 0.745. The van der Waals surface area contributed by atoms with E-state index >= 15 is 0 Å². The molecule has 0 bridgehead atoms. The van der Waals surface area contributed by atoms with Crippen LogP contribution in [0, 0.1) is 5.82 Å². The zero-order valence-corrected chi connectivity index (χ0v) is 10.4. The molecule has 1 fully saturated rings. The smallest absolute Gasteiger partial charge is 0.131 e. The summed E-state index contributed by atoms with van der Waals surface area (Å²) in [5, 5.41) is 7.44. The molecule has 1 saturated carbocycles. The molecule has 0 unspecified atom stereocenters. The first-order valence-electron chi connectivity index (χ1n) is 6.23. The van der Waals surface area contributed by atoms with Crippen LogP contribution in [0.5, 0.6) is 0 Å². The normalized spacial score (nSPS) is 15.0. The van der Waals surface area contributed by atoms with Gasteiger partial charge in [0.1, 0.15) is 5.82 Å². The van der Waals surface area contributed by atoms with E-state index < -0.39 is 0 Å². The Labute approximate surface area is 106 Å². The van der Waals surface area contributed by atoms with E-state index in [0.717, 1.165) is 17.7 Å². The van der Waals surface area contributed by atoms with Crippen LogP contribution in [0.25, 0.3) is 11.1 Å². The average molecular weight is 245 g/mol. The van der Waals surface area contributed by atoms with Gasteiger partial charge >= 0.3 is 0 Å². The molecular weight excluding hydrogens is 229 g/mol. The monoisotopic (exact) mass is 245 g/mol. The molecule has 3 nitrogen and oxygen atoms in total. The van der Waals surface area contributed by atoms with Gasteiger partial charge < -0.3 is 5.32 Å². The molecule has 1 N–H and O–H groups in total. The Hall–Kier alpha value is -1.68. The summed E-state index contributed by atoms with van der Waals surface area (Å²) >= 11 is 0. The molecule has 0 spiro atoms. The lowest BCUT2D eigenvalue weighted by atomic mass is 10.1. The van der Waals surface area contributed by atoms with Gasteiger partial charge in [0.15, 0.2) is 0 Å². The van der Waals surface area contributed by atoms with Crippen molar-refractivity contribution in [3.05, 3.63) is 42.0 Å². The van der Waals surface area contributed by atoms with Crippen LogP contribution in [0.1, 0.15) is 18.4 Å². The van der Waals surface area contributed by atoms with Gasteiger partial charge in [0, 0.05) is 37.0 Å². The van der Waals surface area contributed by atoms with E-state index in [1.165, 1.54) is 12.8 Å². The topological polar surface area (TPSA) is 29.9 Å². The Kier molecular flexibility index (Phi) is 2.88. The number of aromatic nitrogens is 2. The number of nitrogens with zero attached hydrogens (tertiary/aromatic N) is 2. The Balaban J connectivity index is 1.79. The highest BCUT2D eigenvalue weighted by Gasteiger charge is 2.20. The standard InChI is InChI=1S/C14H16FN3/c1-18-9-11(8-17-18)13-5-2-10(6-14(13)15)7-16-12-3-4-12/h2,5-6,8-9,12,16H,3-4,7H2,1H3. The van der Waals surface area contributed by atoms with Crippen LogP contribution < -0.4 is 5.32 Å². The quantitative estimate of drug-likeness (QED) is 0.896. The van der Waals surface area contributed by atoms with Crippen molar-refractivity contribution in [3.8, 4) is 11.1 Å². The minimum Gasteiger partial charge on any atom is -0.310 e. The van der Waals surface area contributed by atoms with Gasteiger partial charge in [0.25, 0.3) is 0 Å². The number of hydrogen-bond donors (Lipinski definition) is 1. The van der Waals surface area contributed by atoms with Crippen LogP contribution >= 0.6 is 0 Å². The van der Waals surface area contributed by atoms with Crippen LogP contribution in [-0.4, -0.2) is 15.8 Å². The van der Waals surface area contributed by atoms with E-state index in [1.54, 1.807) is 16.9 Å². The highest BCUT2D eigenvalue weighted by Crippen LogP contribution is 2.24. The number of halogens is 1. The fourth-order valence-corrected chi connectivity index (χ4v) is 2.01. The maximum atomic E-state index is 14.0. The zero-order chi connectivity index (χ0) is 12.5. The molecule has 1 aromatic carbocycles. The predicted octanol–water partition coefficient (Wildman–Crippen LogP) is 2.48. The molecule has 94 valence electrons. The van der Waals surface area contributed by atoms with Crippen LogP contribution in [-0.2, 0) is 13.6 Å². The Morgan fingerprint density at radius 3 is 2.89 bits per heavy atom. The Bertz CT molecular complexity index is 558. The maximum Gasteiger partial charge on any atom is 0.131 e. The van der Waals surface area contributed by atoms with Crippen molar-refractivity contribution in [3.63, 3.8) is 0 Å². The summed E-state index contributed by atoms with van der Waals surface area (Å²) in [4.78, 5) is 0. The lowest BCUT2D eigenvalue weighted by molar-refractivity contribution is 0.623. The predicted molar refractivity (Wildman–Crippen MR) is 68.5 cm³/mol. The molecule has 0 atom stereocenters. The molecule has 3 rings (SSSR count). The van der Waals surface area contributed by atoms with Crippen molar-refractivity contribution in [2.75, 3.05) is 0 Å². The molecule has 1 aliphatic rings. The molecule has 1 heterocycles. The first kappa shape index (κ1) is 11.4. The molecule has 0 aliphatic heterocycles. The molecule has 2 aromatic rings. The first-order chi connectivity index (χ1) is 8.72. The van der Waals surface area contributed by atoms with Crippen molar-refractivity contribution in [2.45, 2.75) is 25.4 Å². The van der Waals surface area contributed by atoms with Gasteiger partial charge in [-0.1, -0.05) is 12.1 Å². The van der Waals surface area contributed by atoms with Crippen LogP contribution in [0.2, 0.25) is 0 Å². The second kappa shape index (κ2) is 4.53. The van der Waals surface area contributed by atoms with Gasteiger partial charge in [0.05, 0.1) is 6.20 Å². The molecule has 0 saturated heterocycles. The Morgan fingerprint density at radius 2 is 2.28 bits per heavy atom. The lowest BCUT2D eigenvalue weighted by Crippen LogP contribution is -2.15. The number of rotatable bonds is 4. The zero-order valence-electron chi connectivity index (χ0n) is 10.4. The minimum absolute atomic E-state index is 0.182. The SMILES string of the molecule is Cn1cc(-c2ccc(CNC3CC3)cc2F)cn1. The van der Waals surface area contributed by atoms with Gasteiger partial charge in [-0.05, 0) is 24.5 Å². The van der Waals surface area contributed by atoms with Gasteiger partial charge in [-0.25, -0.2) is 4.39 Å². The molecule has 4 heteroatoms. The van der Waals surface area contributed by atoms with Crippen molar-refractivity contribution in [2.24, 2.45) is 7.05 Å². The average Bonchev–Trinajstić information content (AvgIpc) is 3.09. The molecule has 0 amide bonds. The van der Waals surface area contributed by atoms with E-state index in [1.807, 2.05) is 25.4 Å². The fourth-order valence-electron chi connectivity index (χ4n) is 2.01. The van der Waals surface area contributed by atoms with E-state index in [4.69, 9.17) is 0 Å². The van der Waals surface area contributed by atoms with Crippen LogP contribution in [0.15, 0.2) is 30.6 Å². The lowest BCUT2D eigenvalue weighted by Gasteiger charge is -2.06. The van der Waals surface area contributed by atoms with Crippen molar-refractivity contribution in [1.82, 2.24) is 15.1 Å². The third-order valence-electron chi connectivity index (χ3n) is 3.22. The van der Waals surface area contributed by atoms with E-state index in [9.17, 15) is 4.39 Å². The number of hydrogen-bond acceptors (Lipinski definition) is 2. The molecular formula is C14H16FN3. The maximum absolute atomic E-state index is 14.0. The summed E-state index contributed by atoms with van der Waals surface area (Å²) in [5.74, 6) is -0.182. The summed E-state index contributed by atoms with van der Waals surface area (Å²) in [6.07, 6.45) is 5.99. The summed E-state index contributed by atoms with van der Waals surface area (Å²) < 4.78 is 15.7. The van der Waals surface area contributed by atoms with Crippen molar-refractivity contribution < 1.29 is 4.39 Å². The largest absolute Gasteiger partial charge is 0.310 e. The van der Waals surface area contributed by atoms with E-state index in [0.29, 0.717) is 11.6 Å². The van der Waals surface area contributed by atoms with Gasteiger partial charge in [0.2, 0.25) is 0 Å². The summed E-state index contributed by atoms with van der Waals surface area (Å²) in [7, 11) is 1.83. The summed E-state index contributed by atoms with van der Waals surface area (Å²) in [6, 6.07) is 6.06. The molecule has 1 aromatic heterocycles. The highest BCUT2D eigenvalue weighted by atomic mass is 19.1. The van der Waals surface area contributed by atoms with E-state index in [-0.39, 0.29) is 5.82 Å². The molecule has 0 radical (unpaired) electrons. The second-order valence-corrected chi connectivity index (χ2v) is 4.87.